The van der Waals surface area contributed by atoms with E-state index < -0.39 is 5.60 Å². The molecule has 1 aliphatic rings. The fourth-order valence-electron chi connectivity index (χ4n) is 4.36. The molecule has 0 spiro atoms. The fourth-order valence-corrected chi connectivity index (χ4v) is 5.47. The molecule has 1 aromatic heterocycles. The Hall–Kier alpha value is -1.31. The van der Waals surface area contributed by atoms with E-state index in [0.29, 0.717) is 18.4 Å². The van der Waals surface area contributed by atoms with E-state index >= 15 is 0 Å². The van der Waals surface area contributed by atoms with Gasteiger partial charge in [0.25, 0.3) is 0 Å². The third-order valence-corrected chi connectivity index (χ3v) is 7.39. The number of benzene rings is 1. The largest absolute Gasteiger partial charge is 0.458 e. The van der Waals surface area contributed by atoms with Crippen LogP contribution in [0.2, 0.25) is 0 Å². The number of carbonyl (C=O) groups is 1. The van der Waals surface area contributed by atoms with Crippen molar-refractivity contribution in [2.45, 2.75) is 65.0 Å². The summed E-state index contributed by atoms with van der Waals surface area (Å²) in [6.45, 7) is 7.23. The van der Waals surface area contributed by atoms with Crippen molar-refractivity contribution in [3.63, 3.8) is 0 Å². The Kier molecular flexibility index (Phi) is 9.89. The number of aryl methyl sites for hydroxylation is 1. The number of carbonyl (C=O) groups excluding carboxylic acids is 1. The lowest BCUT2D eigenvalue weighted by molar-refractivity contribution is -0.160. The molecule has 0 radical (unpaired) electrons. The minimum atomic E-state index is -0.464. The van der Waals surface area contributed by atoms with Gasteiger partial charge in [-0.15, -0.1) is 0 Å². The molecule has 0 unspecified atom stereocenters. The topological polar surface area (TPSA) is 53.4 Å². The van der Waals surface area contributed by atoms with Crippen molar-refractivity contribution in [2.75, 3.05) is 25.2 Å². The van der Waals surface area contributed by atoms with Gasteiger partial charge in [0.05, 0.1) is 22.5 Å². The van der Waals surface area contributed by atoms with E-state index in [1.807, 2.05) is 32.5 Å². The molecule has 3 rings (SSSR count). The molecule has 0 saturated heterocycles. The molecular weight excluding hydrogens is 500 g/mol. The van der Waals surface area contributed by atoms with Crippen molar-refractivity contribution >= 4 is 33.7 Å². The molecule has 0 aliphatic heterocycles. The maximum Gasteiger partial charge on any atom is 0.332 e. The third kappa shape index (κ3) is 8.15. The predicted octanol–water partition coefficient (Wildman–Crippen LogP) is 6.38. The van der Waals surface area contributed by atoms with E-state index in [0.717, 1.165) is 54.6 Å². The zero-order chi connectivity index (χ0) is 23.8. The number of hydrogen-bond acceptors (Lipinski definition) is 5. The van der Waals surface area contributed by atoms with Crippen LogP contribution in [0.1, 0.15) is 52.1 Å². The van der Waals surface area contributed by atoms with Crippen LogP contribution in [0, 0.1) is 11.8 Å². The van der Waals surface area contributed by atoms with Gasteiger partial charge in [0.1, 0.15) is 12.2 Å². The number of thioether (sulfide) groups is 1. The minimum absolute atomic E-state index is 0.0395. The zero-order valence-corrected chi connectivity index (χ0v) is 22.7. The number of hydrogen-bond donors (Lipinski definition) is 0. The van der Waals surface area contributed by atoms with Gasteiger partial charge in [-0.1, -0.05) is 30.3 Å². The molecule has 1 fully saturated rings. The van der Waals surface area contributed by atoms with Crippen LogP contribution < -0.4 is 0 Å². The molecule has 0 bridgehead atoms. The number of aromatic nitrogens is 2. The molecule has 1 saturated carbocycles. The van der Waals surface area contributed by atoms with Crippen molar-refractivity contribution in [3.8, 4) is 11.3 Å². The van der Waals surface area contributed by atoms with Crippen LogP contribution in [0.15, 0.2) is 34.8 Å². The Morgan fingerprint density at radius 3 is 2.45 bits per heavy atom. The first-order valence-electron chi connectivity index (χ1n) is 11.9. The number of esters is 1. The Bertz CT molecular complexity index is 887. The highest BCUT2D eigenvalue weighted by Gasteiger charge is 2.25. The van der Waals surface area contributed by atoms with Gasteiger partial charge < -0.3 is 9.47 Å². The summed E-state index contributed by atoms with van der Waals surface area (Å²) in [5.41, 5.74) is 3.08. The normalized spacial score (nSPS) is 18.9. The van der Waals surface area contributed by atoms with Gasteiger partial charge in [0, 0.05) is 18.5 Å². The SMILES string of the molecule is CSCCc1nn(CC2CCC(COCC(=O)OC(C)(C)C)CC2)c(-c2ccccc2)c1Br. The second kappa shape index (κ2) is 12.4. The van der Waals surface area contributed by atoms with E-state index in [4.69, 9.17) is 14.6 Å². The maximum absolute atomic E-state index is 11.8. The summed E-state index contributed by atoms with van der Waals surface area (Å²) in [4.78, 5) is 11.8. The van der Waals surface area contributed by atoms with Crippen molar-refractivity contribution in [1.82, 2.24) is 9.78 Å². The molecule has 1 heterocycles. The van der Waals surface area contributed by atoms with Gasteiger partial charge in [-0.25, -0.2) is 4.79 Å². The van der Waals surface area contributed by atoms with Crippen molar-refractivity contribution in [3.05, 3.63) is 40.5 Å². The first-order chi connectivity index (χ1) is 15.8. The van der Waals surface area contributed by atoms with Crippen LogP contribution >= 0.6 is 27.7 Å². The first kappa shape index (κ1) is 26.3. The second-order valence-corrected chi connectivity index (χ2v) is 11.7. The zero-order valence-electron chi connectivity index (χ0n) is 20.3. The summed E-state index contributed by atoms with van der Waals surface area (Å²) < 4.78 is 14.3. The molecule has 182 valence electrons. The highest BCUT2D eigenvalue weighted by atomic mass is 79.9. The van der Waals surface area contributed by atoms with E-state index in [1.54, 1.807) is 0 Å². The van der Waals surface area contributed by atoms with Gasteiger partial charge >= 0.3 is 5.97 Å². The number of halogens is 1. The van der Waals surface area contributed by atoms with E-state index in [1.165, 1.54) is 11.3 Å². The summed E-state index contributed by atoms with van der Waals surface area (Å²) in [7, 11) is 0. The molecule has 0 N–H and O–H groups in total. The minimum Gasteiger partial charge on any atom is -0.458 e. The summed E-state index contributed by atoms with van der Waals surface area (Å²) >= 11 is 5.71. The smallest absolute Gasteiger partial charge is 0.332 e. The van der Waals surface area contributed by atoms with Gasteiger partial charge in [-0.3, -0.25) is 4.68 Å². The van der Waals surface area contributed by atoms with Gasteiger partial charge in [0.2, 0.25) is 0 Å². The number of rotatable bonds is 10. The van der Waals surface area contributed by atoms with Crippen molar-refractivity contribution in [2.24, 2.45) is 11.8 Å². The lowest BCUT2D eigenvalue weighted by atomic mass is 9.82. The van der Waals surface area contributed by atoms with Crippen LogP contribution in [-0.2, 0) is 27.2 Å². The highest BCUT2D eigenvalue weighted by Crippen LogP contribution is 2.35. The average Bonchev–Trinajstić information content (AvgIpc) is 3.07. The first-order valence-corrected chi connectivity index (χ1v) is 14.0. The summed E-state index contributed by atoms with van der Waals surface area (Å²) in [6, 6.07) is 10.6. The fraction of sp³-hybridized carbons (Fsp3) is 0.615. The lowest BCUT2D eigenvalue weighted by Crippen LogP contribution is -2.28. The van der Waals surface area contributed by atoms with E-state index in [9.17, 15) is 4.79 Å². The Balaban J connectivity index is 1.55. The van der Waals surface area contributed by atoms with E-state index in [-0.39, 0.29) is 12.6 Å². The standard InChI is InChI=1S/C26H37BrN2O3S/c1-26(2,3)32-23(30)18-31-17-20-12-10-19(11-13-20)16-29-25(21-8-6-5-7-9-21)24(27)22(28-29)14-15-33-4/h5-9,19-20H,10-18H2,1-4H3. The molecule has 7 heteroatoms. The number of ether oxygens (including phenoxy) is 2. The quantitative estimate of drug-likeness (QED) is 0.329. The van der Waals surface area contributed by atoms with Crippen molar-refractivity contribution < 1.29 is 14.3 Å². The monoisotopic (exact) mass is 536 g/mol. The molecule has 0 amide bonds. The molecule has 5 nitrogen and oxygen atoms in total. The summed E-state index contributed by atoms with van der Waals surface area (Å²) in [5.74, 6) is 1.90. The van der Waals surface area contributed by atoms with Crippen LogP contribution in [0.25, 0.3) is 11.3 Å². The molecule has 0 atom stereocenters. The lowest BCUT2D eigenvalue weighted by Gasteiger charge is -2.28. The van der Waals surface area contributed by atoms with Crippen LogP contribution in [-0.4, -0.2) is 46.6 Å². The van der Waals surface area contributed by atoms with Crippen molar-refractivity contribution in [1.29, 1.82) is 0 Å². The maximum atomic E-state index is 11.8. The van der Waals surface area contributed by atoms with Gasteiger partial charge in [0.15, 0.2) is 0 Å². The highest BCUT2D eigenvalue weighted by molar-refractivity contribution is 9.10. The van der Waals surface area contributed by atoms with Gasteiger partial charge in [-0.2, -0.15) is 16.9 Å². The van der Waals surface area contributed by atoms with Crippen LogP contribution in [0.4, 0.5) is 0 Å². The molecule has 2 aromatic rings. The van der Waals surface area contributed by atoms with Crippen LogP contribution in [0.3, 0.4) is 0 Å². The number of nitrogens with zero attached hydrogens (tertiary/aromatic N) is 2. The Morgan fingerprint density at radius 1 is 1.15 bits per heavy atom. The molecular formula is C26H37BrN2O3S. The predicted molar refractivity (Wildman–Crippen MR) is 140 cm³/mol. The van der Waals surface area contributed by atoms with Crippen LogP contribution in [0.5, 0.6) is 0 Å². The average molecular weight is 538 g/mol. The summed E-state index contributed by atoms with van der Waals surface area (Å²) in [5, 5.41) is 5.02. The van der Waals surface area contributed by atoms with Gasteiger partial charge in [-0.05, 0) is 86.2 Å². The van der Waals surface area contributed by atoms with E-state index in [2.05, 4.69) is 57.2 Å². The second-order valence-electron chi connectivity index (χ2n) is 9.89. The Labute approximate surface area is 211 Å². The third-order valence-electron chi connectivity index (χ3n) is 5.94. The molecule has 1 aromatic carbocycles. The molecule has 33 heavy (non-hydrogen) atoms. The molecule has 1 aliphatic carbocycles. The summed E-state index contributed by atoms with van der Waals surface area (Å²) in [6.07, 6.45) is 7.68. The Morgan fingerprint density at radius 2 is 1.82 bits per heavy atom.